The highest BCUT2D eigenvalue weighted by Crippen LogP contribution is 2.25. The second kappa shape index (κ2) is 5.62. The number of nitrogens with two attached hydrogens (primary N) is 1. The maximum Gasteiger partial charge on any atom is 0.0958 e. The maximum atomic E-state index is 5.64. The molecule has 3 rings (SSSR count). The molecule has 0 aliphatic rings. The van der Waals surface area contributed by atoms with Gasteiger partial charge >= 0.3 is 0 Å². The van der Waals surface area contributed by atoms with Gasteiger partial charge in [0.15, 0.2) is 0 Å². The normalized spacial score (nSPS) is 12.7. The fraction of sp³-hybridized carbons (Fsp3) is 0.214. The Balaban J connectivity index is 1.85. The molecule has 3 aromatic rings. The molecule has 0 fully saturated rings. The third-order valence-corrected chi connectivity index (χ3v) is 4.13. The summed E-state index contributed by atoms with van der Waals surface area (Å²) in [7, 11) is 0. The van der Waals surface area contributed by atoms with Crippen LogP contribution in [0.2, 0.25) is 0 Å². The van der Waals surface area contributed by atoms with Crippen LogP contribution >= 0.6 is 11.3 Å². The lowest BCUT2D eigenvalue weighted by atomic mass is 10.1. The van der Waals surface area contributed by atoms with E-state index in [1.807, 2.05) is 25.1 Å². The van der Waals surface area contributed by atoms with E-state index in [1.165, 1.54) is 4.70 Å². The SMILES string of the molecule is Cc1cnc(C(Cc2nc3ccccc3s2)NN)cn1. The fourth-order valence-electron chi connectivity index (χ4n) is 2.01. The van der Waals surface area contributed by atoms with Crippen molar-refractivity contribution in [3.63, 3.8) is 0 Å². The molecule has 102 valence electrons. The van der Waals surface area contributed by atoms with Crippen LogP contribution in [0, 0.1) is 6.92 Å². The van der Waals surface area contributed by atoms with Gasteiger partial charge < -0.3 is 0 Å². The van der Waals surface area contributed by atoms with Crippen molar-refractivity contribution in [1.82, 2.24) is 20.4 Å². The van der Waals surface area contributed by atoms with Crippen molar-refractivity contribution >= 4 is 21.6 Å². The first kappa shape index (κ1) is 13.1. The number of nitrogens with zero attached hydrogens (tertiary/aromatic N) is 3. The molecule has 0 aliphatic carbocycles. The van der Waals surface area contributed by atoms with Crippen molar-refractivity contribution in [2.24, 2.45) is 5.84 Å². The molecule has 0 aliphatic heterocycles. The molecule has 1 aromatic carbocycles. The topological polar surface area (TPSA) is 76.7 Å². The minimum atomic E-state index is -0.0799. The quantitative estimate of drug-likeness (QED) is 0.567. The van der Waals surface area contributed by atoms with Crippen LogP contribution < -0.4 is 11.3 Å². The molecule has 0 amide bonds. The molecule has 1 atom stereocenters. The Bertz CT molecular complexity index is 674. The predicted molar refractivity (Wildman–Crippen MR) is 80.2 cm³/mol. The van der Waals surface area contributed by atoms with Gasteiger partial charge in [-0.25, -0.2) is 4.98 Å². The number of hydrazine groups is 1. The summed E-state index contributed by atoms with van der Waals surface area (Å²) in [5.41, 5.74) is 5.54. The Morgan fingerprint density at radius 3 is 2.80 bits per heavy atom. The summed E-state index contributed by atoms with van der Waals surface area (Å²) in [5, 5.41) is 1.04. The molecular formula is C14H15N5S. The number of nitrogens with one attached hydrogen (secondary N) is 1. The third-order valence-electron chi connectivity index (χ3n) is 3.08. The smallest absolute Gasteiger partial charge is 0.0958 e. The molecule has 2 heterocycles. The first-order valence-corrected chi connectivity index (χ1v) is 7.17. The predicted octanol–water partition coefficient (Wildman–Crippen LogP) is 2.14. The number of hydrogen-bond donors (Lipinski definition) is 2. The van der Waals surface area contributed by atoms with Crippen LogP contribution in [0.3, 0.4) is 0 Å². The van der Waals surface area contributed by atoms with Gasteiger partial charge in [-0.15, -0.1) is 11.3 Å². The van der Waals surface area contributed by atoms with Crippen LogP contribution in [0.1, 0.15) is 22.4 Å². The van der Waals surface area contributed by atoms with E-state index >= 15 is 0 Å². The highest BCUT2D eigenvalue weighted by atomic mass is 32.1. The maximum absolute atomic E-state index is 5.64. The number of para-hydroxylation sites is 1. The van der Waals surface area contributed by atoms with Crippen LogP contribution in [0.15, 0.2) is 36.7 Å². The summed E-state index contributed by atoms with van der Waals surface area (Å²) >= 11 is 1.68. The lowest BCUT2D eigenvalue weighted by molar-refractivity contribution is 0.535. The summed E-state index contributed by atoms with van der Waals surface area (Å²) in [6.45, 7) is 1.91. The molecule has 0 saturated heterocycles. The zero-order valence-electron chi connectivity index (χ0n) is 11.1. The van der Waals surface area contributed by atoms with Gasteiger partial charge in [0, 0.05) is 12.6 Å². The first-order valence-electron chi connectivity index (χ1n) is 6.35. The largest absolute Gasteiger partial charge is 0.271 e. The van der Waals surface area contributed by atoms with E-state index in [2.05, 4.69) is 26.4 Å². The van der Waals surface area contributed by atoms with Crippen molar-refractivity contribution in [1.29, 1.82) is 0 Å². The molecule has 5 nitrogen and oxygen atoms in total. The Kier molecular flexibility index (Phi) is 3.68. The molecule has 0 saturated carbocycles. The Morgan fingerprint density at radius 2 is 2.10 bits per heavy atom. The third kappa shape index (κ3) is 2.67. The van der Waals surface area contributed by atoms with Crippen molar-refractivity contribution in [2.75, 3.05) is 0 Å². The van der Waals surface area contributed by atoms with Crippen LogP contribution in [-0.4, -0.2) is 15.0 Å². The summed E-state index contributed by atoms with van der Waals surface area (Å²) in [5.74, 6) is 5.64. The standard InChI is InChI=1S/C14H15N5S/c1-9-7-17-12(8-16-9)11(19-15)6-14-18-10-4-2-3-5-13(10)20-14/h2-5,7-8,11,19H,6,15H2,1H3. The second-order valence-corrected chi connectivity index (χ2v) is 5.70. The highest BCUT2D eigenvalue weighted by Gasteiger charge is 2.15. The molecule has 0 spiro atoms. The number of thiazole rings is 1. The van der Waals surface area contributed by atoms with Gasteiger partial charge in [0.1, 0.15) is 0 Å². The van der Waals surface area contributed by atoms with Crippen LogP contribution in [0.4, 0.5) is 0 Å². The molecule has 20 heavy (non-hydrogen) atoms. The average molecular weight is 285 g/mol. The average Bonchev–Trinajstić information content (AvgIpc) is 2.88. The van der Waals surface area contributed by atoms with E-state index in [-0.39, 0.29) is 6.04 Å². The number of benzene rings is 1. The van der Waals surface area contributed by atoms with Crippen molar-refractivity contribution in [3.05, 3.63) is 53.1 Å². The highest BCUT2D eigenvalue weighted by molar-refractivity contribution is 7.18. The molecule has 0 radical (unpaired) electrons. The number of rotatable bonds is 4. The Labute approximate surface area is 120 Å². The van der Waals surface area contributed by atoms with Gasteiger partial charge in [-0.2, -0.15) is 0 Å². The number of fused-ring (bicyclic) bond motifs is 1. The van der Waals surface area contributed by atoms with Gasteiger partial charge in [-0.1, -0.05) is 12.1 Å². The fourth-order valence-corrected chi connectivity index (χ4v) is 3.03. The van der Waals surface area contributed by atoms with Crippen LogP contribution in [0.5, 0.6) is 0 Å². The summed E-state index contributed by atoms with van der Waals surface area (Å²) in [6, 6.07) is 8.03. The second-order valence-electron chi connectivity index (χ2n) is 4.58. The zero-order valence-corrected chi connectivity index (χ0v) is 11.9. The minimum absolute atomic E-state index is 0.0799. The van der Waals surface area contributed by atoms with Crippen LogP contribution in [0.25, 0.3) is 10.2 Å². The Hall–Kier alpha value is -1.89. The summed E-state index contributed by atoms with van der Waals surface area (Å²) in [4.78, 5) is 13.2. The number of aryl methyl sites for hydroxylation is 1. The van der Waals surface area contributed by atoms with E-state index in [0.717, 1.165) is 21.9 Å². The van der Waals surface area contributed by atoms with Crippen LogP contribution in [-0.2, 0) is 6.42 Å². The lowest BCUT2D eigenvalue weighted by Gasteiger charge is -2.13. The van der Waals surface area contributed by atoms with E-state index in [4.69, 9.17) is 5.84 Å². The molecule has 6 heteroatoms. The number of hydrogen-bond acceptors (Lipinski definition) is 6. The van der Waals surface area contributed by atoms with Crippen molar-refractivity contribution in [2.45, 2.75) is 19.4 Å². The first-order chi connectivity index (χ1) is 9.76. The molecule has 2 aromatic heterocycles. The molecule has 0 bridgehead atoms. The molecule has 1 unspecified atom stereocenters. The van der Waals surface area contributed by atoms with Gasteiger partial charge in [0.2, 0.25) is 0 Å². The van der Waals surface area contributed by atoms with Crippen molar-refractivity contribution in [3.8, 4) is 0 Å². The molecular weight excluding hydrogens is 270 g/mol. The van der Waals surface area contributed by atoms with E-state index in [0.29, 0.717) is 6.42 Å². The van der Waals surface area contributed by atoms with Gasteiger partial charge in [0.25, 0.3) is 0 Å². The monoisotopic (exact) mass is 285 g/mol. The lowest BCUT2D eigenvalue weighted by Crippen LogP contribution is -2.30. The van der Waals surface area contributed by atoms with Gasteiger partial charge in [-0.05, 0) is 19.1 Å². The Morgan fingerprint density at radius 1 is 1.25 bits per heavy atom. The van der Waals surface area contributed by atoms with Gasteiger partial charge in [-0.3, -0.25) is 21.2 Å². The molecule has 3 N–H and O–H groups in total. The summed E-state index contributed by atoms with van der Waals surface area (Å²) < 4.78 is 1.19. The summed E-state index contributed by atoms with van der Waals surface area (Å²) in [6.07, 6.45) is 4.21. The number of aromatic nitrogens is 3. The van der Waals surface area contributed by atoms with Crippen molar-refractivity contribution < 1.29 is 0 Å². The van der Waals surface area contributed by atoms with E-state index in [1.54, 1.807) is 23.7 Å². The minimum Gasteiger partial charge on any atom is -0.271 e. The zero-order chi connectivity index (χ0) is 13.9. The van der Waals surface area contributed by atoms with E-state index in [9.17, 15) is 0 Å². The van der Waals surface area contributed by atoms with E-state index < -0.39 is 0 Å². The van der Waals surface area contributed by atoms with Gasteiger partial charge in [0.05, 0.1) is 38.9 Å².